The molecule has 0 aromatic heterocycles. The Hall–Kier alpha value is -2.19. The third-order valence-corrected chi connectivity index (χ3v) is 7.55. The van der Waals surface area contributed by atoms with Crippen molar-refractivity contribution in [3.63, 3.8) is 0 Å². The summed E-state index contributed by atoms with van der Waals surface area (Å²) in [4.78, 5) is 17.3. The first-order chi connectivity index (χ1) is 15.9. The standard InChI is InChI=1S/C24H30Cl2N6O/c1-15-14-30(10-11-31(15)24(33)22-4-3-9-27-22)18-6-8-21-23(13-18)32(29-28-21)16(2)19-7-5-17(25)12-20(19)26/h5-8,12-13,15-16,22,27-29H,3-4,9-11,14H2,1-2H3/t15-,16-,22-/m1/s1. The van der Waals surface area contributed by atoms with E-state index in [0.29, 0.717) is 10.0 Å². The summed E-state index contributed by atoms with van der Waals surface area (Å²) >= 11 is 12.6. The molecule has 0 saturated carbocycles. The highest BCUT2D eigenvalue weighted by Gasteiger charge is 2.34. The fraction of sp³-hybridized carbons (Fsp3) is 0.458. The normalized spacial score (nSPS) is 23.5. The second-order valence-electron chi connectivity index (χ2n) is 9.13. The van der Waals surface area contributed by atoms with Gasteiger partial charge in [0.15, 0.2) is 0 Å². The van der Waals surface area contributed by atoms with Crippen molar-refractivity contribution in [3.05, 3.63) is 52.0 Å². The smallest absolute Gasteiger partial charge is 0.240 e. The molecule has 2 aromatic carbocycles. The van der Waals surface area contributed by atoms with Crippen LogP contribution in [0.1, 0.15) is 38.3 Å². The number of nitrogens with one attached hydrogen (secondary N) is 3. The second kappa shape index (κ2) is 9.22. The molecule has 2 saturated heterocycles. The highest BCUT2D eigenvalue weighted by atomic mass is 35.5. The average Bonchev–Trinajstić information content (AvgIpc) is 3.48. The lowest BCUT2D eigenvalue weighted by atomic mass is 10.1. The summed E-state index contributed by atoms with van der Waals surface area (Å²) in [5.74, 6) is 0.252. The SMILES string of the molecule is C[C@@H]1CN(c2ccc3c(c2)N([C@H](C)c2ccc(Cl)cc2Cl)NN3)CCN1C(=O)[C@H]1CCCN1. The van der Waals surface area contributed by atoms with E-state index in [2.05, 4.69) is 58.2 Å². The maximum Gasteiger partial charge on any atom is 0.240 e. The molecule has 33 heavy (non-hydrogen) atoms. The number of fused-ring (bicyclic) bond motifs is 1. The molecule has 176 valence electrons. The molecule has 3 N–H and O–H groups in total. The van der Waals surface area contributed by atoms with E-state index in [1.807, 2.05) is 17.0 Å². The van der Waals surface area contributed by atoms with Crippen molar-refractivity contribution in [2.75, 3.05) is 41.5 Å². The second-order valence-corrected chi connectivity index (χ2v) is 9.97. The van der Waals surface area contributed by atoms with Crippen molar-refractivity contribution < 1.29 is 4.79 Å². The van der Waals surface area contributed by atoms with Crippen molar-refractivity contribution in [1.82, 2.24) is 15.8 Å². The van der Waals surface area contributed by atoms with Crippen LogP contribution in [0.3, 0.4) is 0 Å². The number of benzene rings is 2. The van der Waals surface area contributed by atoms with Crippen LogP contribution in [0, 0.1) is 0 Å². The van der Waals surface area contributed by atoms with Gasteiger partial charge in [-0.1, -0.05) is 29.3 Å². The molecule has 1 amide bonds. The maximum atomic E-state index is 12.9. The van der Waals surface area contributed by atoms with Gasteiger partial charge in [0, 0.05) is 41.4 Å². The van der Waals surface area contributed by atoms with E-state index in [-0.39, 0.29) is 24.0 Å². The van der Waals surface area contributed by atoms with Gasteiger partial charge in [0.05, 0.1) is 23.5 Å². The summed E-state index contributed by atoms with van der Waals surface area (Å²) in [6.45, 7) is 7.57. The first-order valence-electron chi connectivity index (χ1n) is 11.6. The van der Waals surface area contributed by atoms with Crippen LogP contribution in [0.15, 0.2) is 36.4 Å². The van der Waals surface area contributed by atoms with E-state index >= 15 is 0 Å². The highest BCUT2D eigenvalue weighted by molar-refractivity contribution is 6.35. The first kappa shape index (κ1) is 22.6. The van der Waals surface area contributed by atoms with Crippen LogP contribution in [0.5, 0.6) is 0 Å². The van der Waals surface area contributed by atoms with Crippen molar-refractivity contribution in [2.24, 2.45) is 0 Å². The third kappa shape index (κ3) is 4.35. The van der Waals surface area contributed by atoms with E-state index in [9.17, 15) is 4.79 Å². The molecule has 3 heterocycles. The summed E-state index contributed by atoms with van der Waals surface area (Å²) in [6, 6.07) is 12.2. The van der Waals surface area contributed by atoms with Gasteiger partial charge in [-0.25, -0.2) is 0 Å². The van der Waals surface area contributed by atoms with Gasteiger partial charge in [-0.05, 0) is 69.1 Å². The molecule has 0 radical (unpaired) electrons. The first-order valence-corrected chi connectivity index (χ1v) is 12.4. The monoisotopic (exact) mass is 488 g/mol. The Balaban J connectivity index is 1.32. The Kier molecular flexibility index (Phi) is 6.31. The van der Waals surface area contributed by atoms with E-state index in [1.165, 1.54) is 0 Å². The van der Waals surface area contributed by atoms with Crippen molar-refractivity contribution in [1.29, 1.82) is 0 Å². The Bertz CT molecular complexity index is 1040. The molecule has 3 atom stereocenters. The Morgan fingerprint density at radius 1 is 1.15 bits per heavy atom. The van der Waals surface area contributed by atoms with E-state index in [4.69, 9.17) is 23.2 Å². The summed E-state index contributed by atoms with van der Waals surface area (Å²) in [5, 5.41) is 6.70. The van der Waals surface area contributed by atoms with Crippen LogP contribution in [-0.2, 0) is 4.79 Å². The van der Waals surface area contributed by atoms with Gasteiger partial charge in [-0.2, -0.15) is 0 Å². The topological polar surface area (TPSA) is 62.9 Å². The van der Waals surface area contributed by atoms with Gasteiger partial charge in [-0.3, -0.25) is 9.80 Å². The van der Waals surface area contributed by atoms with Gasteiger partial charge >= 0.3 is 0 Å². The highest BCUT2D eigenvalue weighted by Crippen LogP contribution is 2.39. The minimum Gasteiger partial charge on any atom is -0.368 e. The lowest BCUT2D eigenvalue weighted by Gasteiger charge is -2.42. The zero-order valence-electron chi connectivity index (χ0n) is 18.9. The number of piperazine rings is 1. The zero-order chi connectivity index (χ0) is 23.1. The van der Waals surface area contributed by atoms with Crippen molar-refractivity contribution in [2.45, 2.75) is 44.8 Å². The molecule has 0 aliphatic carbocycles. The Morgan fingerprint density at radius 3 is 2.73 bits per heavy atom. The fourth-order valence-electron chi connectivity index (χ4n) is 5.10. The van der Waals surface area contributed by atoms with Gasteiger partial charge in [-0.15, -0.1) is 5.53 Å². The Labute approximate surface area is 204 Å². The number of hydrogen-bond acceptors (Lipinski definition) is 6. The van der Waals surface area contributed by atoms with Gasteiger partial charge < -0.3 is 20.5 Å². The summed E-state index contributed by atoms with van der Waals surface area (Å²) in [5.41, 5.74) is 10.7. The van der Waals surface area contributed by atoms with Crippen LogP contribution >= 0.6 is 23.2 Å². The molecule has 3 aliphatic rings. The largest absolute Gasteiger partial charge is 0.368 e. The van der Waals surface area contributed by atoms with Crippen LogP contribution in [0.25, 0.3) is 0 Å². The van der Waals surface area contributed by atoms with Gasteiger partial charge in [0.2, 0.25) is 5.91 Å². The maximum absolute atomic E-state index is 12.9. The number of amides is 1. The molecule has 3 aliphatic heterocycles. The molecular weight excluding hydrogens is 459 g/mol. The van der Waals surface area contributed by atoms with Crippen LogP contribution in [-0.4, -0.2) is 49.1 Å². The van der Waals surface area contributed by atoms with Crippen molar-refractivity contribution in [3.8, 4) is 0 Å². The van der Waals surface area contributed by atoms with Crippen LogP contribution < -0.4 is 26.2 Å². The zero-order valence-corrected chi connectivity index (χ0v) is 20.5. The van der Waals surface area contributed by atoms with Gasteiger partial charge in [0.1, 0.15) is 0 Å². The molecule has 0 bridgehead atoms. The molecular formula is C24H30Cl2N6O. The van der Waals surface area contributed by atoms with Gasteiger partial charge in [0.25, 0.3) is 0 Å². The number of carbonyl (C=O) groups is 1. The summed E-state index contributed by atoms with van der Waals surface area (Å²) < 4.78 is 0. The minimum atomic E-state index is -0.00844. The fourth-order valence-corrected chi connectivity index (χ4v) is 5.67. The molecule has 7 nitrogen and oxygen atoms in total. The van der Waals surface area contributed by atoms with E-state index < -0.39 is 0 Å². The number of hydrazine groups is 2. The Morgan fingerprint density at radius 2 is 2.00 bits per heavy atom. The van der Waals surface area contributed by atoms with Crippen LogP contribution in [0.4, 0.5) is 17.1 Å². The average molecular weight is 489 g/mol. The number of rotatable bonds is 4. The molecule has 2 fully saturated rings. The van der Waals surface area contributed by atoms with Crippen LogP contribution in [0.2, 0.25) is 10.0 Å². The van der Waals surface area contributed by atoms with E-state index in [0.717, 1.165) is 61.6 Å². The predicted octanol–water partition coefficient (Wildman–Crippen LogP) is 4.20. The molecule has 0 spiro atoms. The lowest BCUT2D eigenvalue weighted by molar-refractivity contribution is -0.135. The molecule has 2 aromatic rings. The minimum absolute atomic E-state index is 0.00827. The molecule has 5 rings (SSSR count). The summed E-state index contributed by atoms with van der Waals surface area (Å²) in [6.07, 6.45) is 2.03. The summed E-state index contributed by atoms with van der Waals surface area (Å²) in [7, 11) is 0. The number of carbonyl (C=O) groups excluding carboxylic acids is 1. The molecule has 0 unspecified atom stereocenters. The number of anilines is 3. The number of halogens is 2. The number of nitrogens with zero attached hydrogens (tertiary/aromatic N) is 3. The van der Waals surface area contributed by atoms with Crippen molar-refractivity contribution >= 4 is 46.2 Å². The third-order valence-electron chi connectivity index (χ3n) is 6.99. The molecule has 9 heteroatoms. The predicted molar refractivity (Wildman–Crippen MR) is 135 cm³/mol. The number of hydrogen-bond donors (Lipinski definition) is 3. The van der Waals surface area contributed by atoms with E-state index in [1.54, 1.807) is 6.07 Å². The lowest BCUT2D eigenvalue weighted by Crippen LogP contribution is -2.57. The quantitative estimate of drug-likeness (QED) is 0.599.